The Labute approximate surface area is 158 Å². The molecule has 0 spiro atoms. The number of ether oxygens (including phenoxy) is 1. The van der Waals surface area contributed by atoms with Crippen molar-refractivity contribution in [2.45, 2.75) is 32.7 Å². The smallest absolute Gasteiger partial charge is 0.310 e. The van der Waals surface area contributed by atoms with Crippen LogP contribution in [0.4, 0.5) is 0 Å². The molecule has 0 radical (unpaired) electrons. The van der Waals surface area contributed by atoms with Crippen LogP contribution in [0.1, 0.15) is 36.6 Å². The van der Waals surface area contributed by atoms with Crippen molar-refractivity contribution in [3.05, 3.63) is 71.4 Å². The quantitative estimate of drug-likeness (QED) is 0.628. The van der Waals surface area contributed by atoms with E-state index < -0.39 is 5.97 Å². The number of amides is 1. The van der Waals surface area contributed by atoms with E-state index in [1.54, 1.807) is 6.20 Å². The van der Waals surface area contributed by atoms with Gasteiger partial charge in [0.05, 0.1) is 12.5 Å². The molecule has 1 amide bonds. The lowest BCUT2D eigenvalue weighted by Gasteiger charge is -2.15. The van der Waals surface area contributed by atoms with Gasteiger partial charge in [-0.2, -0.15) is 0 Å². The molecule has 0 saturated heterocycles. The molecule has 2 N–H and O–H groups in total. The number of hydrogen-bond donors (Lipinski definition) is 2. The number of aryl methyl sites for hydroxylation is 1. The molecular weight excluding hydrogens is 340 g/mol. The standard InChI is InChI=1S/C22H24N2O3/c1-3-16-8-10-17(11-9-16)15(2)24-21(25)14-27-22(26)12-18-13-23-20-7-5-4-6-19(18)20/h4-11,13,15,23H,3,12,14H2,1-2H3,(H,24,25)/t15-/m0/s1. The van der Waals surface area contributed by atoms with Crippen LogP contribution in [0.3, 0.4) is 0 Å². The average molecular weight is 364 g/mol. The van der Waals surface area contributed by atoms with E-state index >= 15 is 0 Å². The Morgan fingerprint density at radius 2 is 1.85 bits per heavy atom. The van der Waals surface area contributed by atoms with Gasteiger partial charge in [-0.05, 0) is 36.1 Å². The minimum atomic E-state index is -0.421. The van der Waals surface area contributed by atoms with Gasteiger partial charge in [0.15, 0.2) is 6.61 Å². The van der Waals surface area contributed by atoms with Crippen molar-refractivity contribution in [1.82, 2.24) is 10.3 Å². The van der Waals surface area contributed by atoms with Gasteiger partial charge < -0.3 is 15.0 Å². The van der Waals surface area contributed by atoms with E-state index in [0.717, 1.165) is 28.5 Å². The van der Waals surface area contributed by atoms with Gasteiger partial charge in [-0.1, -0.05) is 49.4 Å². The van der Waals surface area contributed by atoms with Crippen LogP contribution >= 0.6 is 0 Å². The number of fused-ring (bicyclic) bond motifs is 1. The van der Waals surface area contributed by atoms with E-state index in [1.807, 2.05) is 43.3 Å². The second-order valence-corrected chi connectivity index (χ2v) is 6.58. The molecule has 1 aromatic heterocycles. The highest BCUT2D eigenvalue weighted by Crippen LogP contribution is 2.18. The second kappa shape index (κ2) is 8.54. The Morgan fingerprint density at radius 1 is 1.11 bits per heavy atom. The normalized spacial score (nSPS) is 11.9. The van der Waals surface area contributed by atoms with E-state index in [2.05, 4.69) is 29.4 Å². The fourth-order valence-electron chi connectivity index (χ4n) is 3.04. The Morgan fingerprint density at radius 3 is 2.59 bits per heavy atom. The van der Waals surface area contributed by atoms with Crippen LogP contribution in [-0.2, 0) is 27.2 Å². The monoisotopic (exact) mass is 364 g/mol. The first-order valence-electron chi connectivity index (χ1n) is 9.15. The molecule has 2 aromatic carbocycles. The minimum absolute atomic E-state index is 0.130. The zero-order valence-corrected chi connectivity index (χ0v) is 15.6. The van der Waals surface area contributed by atoms with Crippen molar-refractivity contribution in [3.8, 4) is 0 Å². The largest absolute Gasteiger partial charge is 0.455 e. The highest BCUT2D eigenvalue weighted by Gasteiger charge is 2.14. The van der Waals surface area contributed by atoms with E-state index in [1.165, 1.54) is 5.56 Å². The first kappa shape index (κ1) is 18.7. The molecule has 1 atom stereocenters. The lowest BCUT2D eigenvalue weighted by molar-refractivity contribution is -0.148. The summed E-state index contributed by atoms with van der Waals surface area (Å²) in [6, 6.07) is 15.7. The van der Waals surface area contributed by atoms with Gasteiger partial charge in [0.1, 0.15) is 0 Å². The van der Waals surface area contributed by atoms with Crippen LogP contribution in [0.2, 0.25) is 0 Å². The fourth-order valence-corrected chi connectivity index (χ4v) is 3.04. The Bertz CT molecular complexity index is 928. The van der Waals surface area contributed by atoms with Crippen LogP contribution in [0.25, 0.3) is 10.9 Å². The minimum Gasteiger partial charge on any atom is -0.455 e. The number of H-pyrrole nitrogens is 1. The van der Waals surface area contributed by atoms with Crippen molar-refractivity contribution in [2.75, 3.05) is 6.61 Å². The predicted octanol–water partition coefficient (Wildman–Crippen LogP) is 3.69. The summed E-state index contributed by atoms with van der Waals surface area (Å²) in [5.74, 6) is -0.732. The zero-order valence-electron chi connectivity index (χ0n) is 15.6. The summed E-state index contributed by atoms with van der Waals surface area (Å²) >= 11 is 0. The van der Waals surface area contributed by atoms with Crippen LogP contribution < -0.4 is 5.32 Å². The van der Waals surface area contributed by atoms with Gasteiger partial charge in [-0.3, -0.25) is 9.59 Å². The molecule has 1 heterocycles. The van der Waals surface area contributed by atoms with Gasteiger partial charge in [-0.25, -0.2) is 0 Å². The summed E-state index contributed by atoms with van der Waals surface area (Å²) in [6.45, 7) is 3.73. The van der Waals surface area contributed by atoms with Gasteiger partial charge in [-0.15, -0.1) is 0 Å². The molecule has 140 valence electrons. The lowest BCUT2D eigenvalue weighted by Crippen LogP contribution is -2.31. The first-order chi connectivity index (χ1) is 13.1. The third-order valence-electron chi connectivity index (χ3n) is 4.64. The number of carbonyl (C=O) groups excluding carboxylic acids is 2. The van der Waals surface area contributed by atoms with Crippen LogP contribution in [0, 0.1) is 0 Å². The molecular formula is C22H24N2O3. The van der Waals surface area contributed by atoms with Crippen LogP contribution in [0.15, 0.2) is 54.7 Å². The molecule has 0 unspecified atom stereocenters. The molecule has 0 fully saturated rings. The Hall–Kier alpha value is -3.08. The third-order valence-corrected chi connectivity index (χ3v) is 4.64. The molecule has 5 heteroatoms. The maximum absolute atomic E-state index is 12.1. The fraction of sp³-hybridized carbons (Fsp3) is 0.273. The summed E-state index contributed by atoms with van der Waals surface area (Å²) < 4.78 is 5.13. The number of rotatable bonds is 7. The number of esters is 1. The van der Waals surface area contributed by atoms with E-state index in [9.17, 15) is 9.59 Å². The molecule has 0 aliphatic rings. The number of para-hydroxylation sites is 1. The van der Waals surface area contributed by atoms with Gasteiger partial charge >= 0.3 is 5.97 Å². The Kier molecular flexibility index (Phi) is 5.91. The number of aromatic amines is 1. The van der Waals surface area contributed by atoms with Crippen molar-refractivity contribution < 1.29 is 14.3 Å². The number of nitrogens with one attached hydrogen (secondary N) is 2. The summed E-state index contributed by atoms with van der Waals surface area (Å²) in [6.07, 6.45) is 2.91. The first-order valence-corrected chi connectivity index (χ1v) is 9.15. The van der Waals surface area contributed by atoms with E-state index in [4.69, 9.17) is 4.74 Å². The van der Waals surface area contributed by atoms with Crippen LogP contribution in [0.5, 0.6) is 0 Å². The Balaban J connectivity index is 1.48. The lowest BCUT2D eigenvalue weighted by atomic mass is 10.1. The predicted molar refractivity (Wildman–Crippen MR) is 105 cm³/mol. The summed E-state index contributed by atoms with van der Waals surface area (Å²) in [7, 11) is 0. The van der Waals surface area contributed by atoms with Gasteiger partial charge in [0.2, 0.25) is 0 Å². The average Bonchev–Trinajstić information content (AvgIpc) is 3.09. The van der Waals surface area contributed by atoms with E-state index in [0.29, 0.717) is 0 Å². The molecule has 0 aliphatic heterocycles. The maximum Gasteiger partial charge on any atom is 0.310 e. The van der Waals surface area contributed by atoms with Crippen molar-refractivity contribution in [2.24, 2.45) is 0 Å². The van der Waals surface area contributed by atoms with E-state index in [-0.39, 0.29) is 25.0 Å². The van der Waals surface area contributed by atoms with Crippen molar-refractivity contribution >= 4 is 22.8 Å². The molecule has 3 aromatic rings. The molecule has 27 heavy (non-hydrogen) atoms. The SMILES string of the molecule is CCc1ccc([C@H](C)NC(=O)COC(=O)Cc2c[nH]c3ccccc23)cc1. The highest BCUT2D eigenvalue weighted by atomic mass is 16.5. The summed E-state index contributed by atoms with van der Waals surface area (Å²) in [5.41, 5.74) is 4.11. The zero-order chi connectivity index (χ0) is 19.2. The van der Waals surface area contributed by atoms with Crippen molar-refractivity contribution in [1.29, 1.82) is 0 Å². The molecule has 5 nitrogen and oxygen atoms in total. The molecule has 3 rings (SSSR count). The number of aromatic nitrogens is 1. The van der Waals surface area contributed by atoms with Gasteiger partial charge in [0.25, 0.3) is 5.91 Å². The highest BCUT2D eigenvalue weighted by molar-refractivity contribution is 5.88. The molecule has 0 saturated carbocycles. The summed E-state index contributed by atoms with van der Waals surface area (Å²) in [5, 5.41) is 3.84. The van der Waals surface area contributed by atoms with Crippen LogP contribution in [-0.4, -0.2) is 23.5 Å². The third kappa shape index (κ3) is 4.76. The molecule has 0 bridgehead atoms. The van der Waals surface area contributed by atoms with Crippen molar-refractivity contribution in [3.63, 3.8) is 0 Å². The van der Waals surface area contributed by atoms with Gasteiger partial charge in [0, 0.05) is 17.1 Å². The number of carbonyl (C=O) groups is 2. The number of hydrogen-bond acceptors (Lipinski definition) is 3. The second-order valence-electron chi connectivity index (χ2n) is 6.58. The maximum atomic E-state index is 12.1. The topological polar surface area (TPSA) is 71.2 Å². The summed E-state index contributed by atoms with van der Waals surface area (Å²) in [4.78, 5) is 27.3. The number of benzene rings is 2. The molecule has 0 aliphatic carbocycles.